The van der Waals surface area contributed by atoms with Gasteiger partial charge in [0.05, 0.1) is 0 Å². The molecule has 0 spiro atoms. The Morgan fingerprint density at radius 1 is 1.00 bits per heavy atom. The number of aryl methyl sites for hydroxylation is 2. The van der Waals surface area contributed by atoms with Crippen molar-refractivity contribution < 1.29 is 4.79 Å². The van der Waals surface area contributed by atoms with Gasteiger partial charge in [0.2, 0.25) is 0 Å². The van der Waals surface area contributed by atoms with Gasteiger partial charge in [0.1, 0.15) is 0 Å². The van der Waals surface area contributed by atoms with E-state index in [9.17, 15) is 4.79 Å². The lowest BCUT2D eigenvalue weighted by Crippen LogP contribution is -2.11. The molecule has 0 unspecified atom stereocenters. The molecule has 1 amide bonds. The molecule has 3 rings (SSSR count). The van der Waals surface area contributed by atoms with Crippen LogP contribution in [0.1, 0.15) is 33.5 Å². The average Bonchev–Trinajstić information content (AvgIpc) is 2.87. The summed E-state index contributed by atoms with van der Waals surface area (Å²) >= 11 is 0. The fraction of sp³-hybridized carbons (Fsp3) is 0.176. The normalized spacial score (nSPS) is 13.1. The number of hydrogen-bond donors (Lipinski definition) is 1. The van der Waals surface area contributed by atoms with Crippen molar-refractivity contribution in [3.05, 3.63) is 71.6 Å². The van der Waals surface area contributed by atoms with Crippen molar-refractivity contribution in [1.29, 1.82) is 0 Å². The van der Waals surface area contributed by atoms with E-state index in [1.165, 1.54) is 17.5 Å². The molecule has 0 aliphatic heterocycles. The molecule has 0 bridgehead atoms. The summed E-state index contributed by atoms with van der Waals surface area (Å²) in [5, 5.41) is 2.95. The quantitative estimate of drug-likeness (QED) is 0.866. The fourth-order valence-corrected chi connectivity index (χ4v) is 2.51. The molecule has 1 radical (unpaired) electrons. The van der Waals surface area contributed by atoms with Crippen LogP contribution in [0.25, 0.3) is 0 Å². The predicted octanol–water partition coefficient (Wildman–Crippen LogP) is 3.61. The zero-order valence-electron chi connectivity index (χ0n) is 10.8. The first-order valence-corrected chi connectivity index (χ1v) is 6.57. The van der Waals surface area contributed by atoms with Crippen molar-refractivity contribution in [2.75, 3.05) is 5.32 Å². The van der Waals surface area contributed by atoms with E-state index in [4.69, 9.17) is 0 Å². The van der Waals surface area contributed by atoms with Crippen LogP contribution < -0.4 is 5.32 Å². The van der Waals surface area contributed by atoms with Gasteiger partial charge in [-0.15, -0.1) is 0 Å². The first-order valence-electron chi connectivity index (χ1n) is 6.57. The van der Waals surface area contributed by atoms with E-state index >= 15 is 0 Å². The highest BCUT2D eigenvalue weighted by Crippen LogP contribution is 2.25. The molecule has 0 fully saturated rings. The second-order valence-electron chi connectivity index (χ2n) is 4.99. The SMILES string of the molecule is [CH2]c1ccc(C(=O)Nc2ccc3c(c2)CCC3)cc1. The summed E-state index contributed by atoms with van der Waals surface area (Å²) in [6.45, 7) is 3.81. The first-order chi connectivity index (χ1) is 9.22. The smallest absolute Gasteiger partial charge is 0.255 e. The lowest BCUT2D eigenvalue weighted by molar-refractivity contribution is 0.102. The third kappa shape index (κ3) is 2.53. The number of anilines is 1. The highest BCUT2D eigenvalue weighted by molar-refractivity contribution is 6.04. The van der Waals surface area contributed by atoms with Crippen LogP contribution in [0, 0.1) is 6.92 Å². The van der Waals surface area contributed by atoms with Crippen LogP contribution in [0.2, 0.25) is 0 Å². The molecule has 2 nitrogen and oxygen atoms in total. The summed E-state index contributed by atoms with van der Waals surface area (Å²) in [7, 11) is 0. The largest absolute Gasteiger partial charge is 0.322 e. The number of benzene rings is 2. The molecule has 19 heavy (non-hydrogen) atoms. The van der Waals surface area contributed by atoms with Gasteiger partial charge in [0.15, 0.2) is 0 Å². The minimum Gasteiger partial charge on any atom is -0.322 e. The highest BCUT2D eigenvalue weighted by Gasteiger charge is 2.12. The summed E-state index contributed by atoms with van der Waals surface area (Å²) in [6, 6.07) is 13.5. The maximum absolute atomic E-state index is 12.1. The number of nitrogens with one attached hydrogen (secondary N) is 1. The van der Waals surface area contributed by atoms with E-state index in [2.05, 4.69) is 24.4 Å². The number of fused-ring (bicyclic) bond motifs is 1. The molecule has 1 N–H and O–H groups in total. The van der Waals surface area contributed by atoms with Crippen molar-refractivity contribution in [2.24, 2.45) is 0 Å². The van der Waals surface area contributed by atoms with E-state index < -0.39 is 0 Å². The van der Waals surface area contributed by atoms with Gasteiger partial charge < -0.3 is 5.32 Å². The van der Waals surface area contributed by atoms with Crippen LogP contribution >= 0.6 is 0 Å². The van der Waals surface area contributed by atoms with Crippen LogP contribution in [0.4, 0.5) is 5.69 Å². The van der Waals surface area contributed by atoms with Crippen LogP contribution in [0.15, 0.2) is 42.5 Å². The van der Waals surface area contributed by atoms with Gasteiger partial charge in [0, 0.05) is 11.3 Å². The molecule has 0 saturated carbocycles. The number of carbonyl (C=O) groups excluding carboxylic acids is 1. The molecular formula is C17H16NO. The van der Waals surface area contributed by atoms with Gasteiger partial charge in [-0.25, -0.2) is 0 Å². The van der Waals surface area contributed by atoms with E-state index in [-0.39, 0.29) is 5.91 Å². The Morgan fingerprint density at radius 3 is 2.53 bits per heavy atom. The molecule has 2 heteroatoms. The molecule has 1 aliphatic carbocycles. The lowest BCUT2D eigenvalue weighted by atomic mass is 10.1. The number of hydrogen-bond acceptors (Lipinski definition) is 1. The molecule has 0 aromatic heterocycles. The average molecular weight is 250 g/mol. The zero-order valence-corrected chi connectivity index (χ0v) is 10.8. The van der Waals surface area contributed by atoms with Crippen molar-refractivity contribution in [3.8, 4) is 0 Å². The lowest BCUT2D eigenvalue weighted by Gasteiger charge is -2.07. The van der Waals surface area contributed by atoms with Crippen LogP contribution in [-0.2, 0) is 12.8 Å². The van der Waals surface area contributed by atoms with E-state index in [1.807, 2.05) is 18.2 Å². The summed E-state index contributed by atoms with van der Waals surface area (Å²) in [4.78, 5) is 12.1. The second kappa shape index (κ2) is 4.88. The molecule has 0 atom stereocenters. The summed E-state index contributed by atoms with van der Waals surface area (Å²) in [5.41, 5.74) is 5.23. The standard InChI is InChI=1S/C17H16NO/c1-12-5-7-14(8-6-12)17(19)18-16-10-9-13-3-2-4-15(13)11-16/h5-11H,1-4H2,(H,18,19). The molecule has 2 aromatic carbocycles. The molecule has 2 aromatic rings. The van der Waals surface area contributed by atoms with E-state index in [1.54, 1.807) is 12.1 Å². The third-order valence-electron chi connectivity index (χ3n) is 3.57. The Bertz CT molecular complexity index is 614. The molecule has 0 heterocycles. The Labute approximate surface area is 113 Å². The van der Waals surface area contributed by atoms with Crippen molar-refractivity contribution in [3.63, 3.8) is 0 Å². The Kier molecular flexibility index (Phi) is 3.08. The van der Waals surface area contributed by atoms with Crippen LogP contribution in [0.3, 0.4) is 0 Å². The molecule has 95 valence electrons. The summed E-state index contributed by atoms with van der Waals surface area (Å²) in [6.07, 6.45) is 3.50. The Balaban J connectivity index is 1.77. The summed E-state index contributed by atoms with van der Waals surface area (Å²) < 4.78 is 0. The second-order valence-corrected chi connectivity index (χ2v) is 4.99. The highest BCUT2D eigenvalue weighted by atomic mass is 16.1. The maximum atomic E-state index is 12.1. The van der Waals surface area contributed by atoms with Crippen LogP contribution in [-0.4, -0.2) is 5.91 Å². The van der Waals surface area contributed by atoms with Crippen molar-refractivity contribution in [1.82, 2.24) is 0 Å². The monoisotopic (exact) mass is 250 g/mol. The third-order valence-corrected chi connectivity index (χ3v) is 3.57. The van der Waals surface area contributed by atoms with Gasteiger partial charge in [-0.2, -0.15) is 0 Å². The minimum absolute atomic E-state index is 0.0713. The Hall–Kier alpha value is -2.09. The number of amides is 1. The molecular weight excluding hydrogens is 234 g/mol. The topological polar surface area (TPSA) is 29.1 Å². The van der Waals surface area contributed by atoms with Gasteiger partial charge in [-0.3, -0.25) is 4.79 Å². The van der Waals surface area contributed by atoms with E-state index in [0.29, 0.717) is 5.56 Å². The van der Waals surface area contributed by atoms with Crippen molar-refractivity contribution in [2.45, 2.75) is 19.3 Å². The predicted molar refractivity (Wildman–Crippen MR) is 77.3 cm³/mol. The van der Waals surface area contributed by atoms with Gasteiger partial charge >= 0.3 is 0 Å². The molecule has 0 saturated heterocycles. The van der Waals surface area contributed by atoms with Crippen molar-refractivity contribution >= 4 is 11.6 Å². The van der Waals surface area contributed by atoms with E-state index in [0.717, 1.165) is 24.1 Å². The minimum atomic E-state index is -0.0713. The maximum Gasteiger partial charge on any atom is 0.255 e. The number of rotatable bonds is 2. The first kappa shape index (κ1) is 12.0. The van der Waals surface area contributed by atoms with Crippen LogP contribution in [0.5, 0.6) is 0 Å². The summed E-state index contributed by atoms with van der Waals surface area (Å²) in [5.74, 6) is -0.0713. The van der Waals surface area contributed by atoms with Gasteiger partial charge in [-0.05, 0) is 67.1 Å². The molecule has 1 aliphatic rings. The number of carbonyl (C=O) groups is 1. The fourth-order valence-electron chi connectivity index (χ4n) is 2.51. The zero-order chi connectivity index (χ0) is 13.2. The Morgan fingerprint density at radius 2 is 1.74 bits per heavy atom. The van der Waals surface area contributed by atoms with Gasteiger partial charge in [0.25, 0.3) is 5.91 Å². The van der Waals surface area contributed by atoms with Gasteiger partial charge in [-0.1, -0.05) is 18.2 Å².